The average Bonchev–Trinajstić information content (AvgIpc) is 2.56. The molecule has 25 heavy (non-hydrogen) atoms. The van der Waals surface area contributed by atoms with Gasteiger partial charge in [-0.2, -0.15) is 0 Å². The van der Waals surface area contributed by atoms with Crippen LogP contribution in [-0.4, -0.2) is 11.1 Å². The lowest BCUT2D eigenvalue weighted by Gasteiger charge is -1.98. The van der Waals surface area contributed by atoms with Crippen LogP contribution in [-0.2, 0) is 4.79 Å². The first-order valence-electron chi connectivity index (χ1n) is 9.00. The van der Waals surface area contributed by atoms with Crippen molar-refractivity contribution in [3.8, 4) is 0 Å². The van der Waals surface area contributed by atoms with Crippen LogP contribution in [0.1, 0.15) is 58.3 Å². The van der Waals surface area contributed by atoms with E-state index in [4.69, 9.17) is 5.11 Å². The first-order valence-corrected chi connectivity index (χ1v) is 9.00. The second kappa shape index (κ2) is 22.2. The number of hydrogen-bond acceptors (Lipinski definition) is 1. The summed E-state index contributed by atoms with van der Waals surface area (Å²) in [7, 11) is 0. The molecule has 0 aliphatic rings. The van der Waals surface area contributed by atoms with E-state index in [1.165, 1.54) is 51.0 Å². The van der Waals surface area contributed by atoms with E-state index >= 15 is 0 Å². The molecular weight excluding hydrogens is 332 g/mol. The zero-order valence-electron chi connectivity index (χ0n) is 15.3. The molecule has 140 valence electrons. The smallest absolute Gasteiger partial charge is 0.328 e. The average molecular weight is 365 g/mol. The molecule has 0 aliphatic heterocycles. The molecule has 1 N–H and O–H groups in total. The molecular formula is C22H33ClO2. The van der Waals surface area contributed by atoms with Crippen molar-refractivity contribution >= 4 is 18.4 Å². The lowest BCUT2D eigenvalue weighted by atomic mass is 10.1. The molecule has 0 aromatic carbocycles. The van der Waals surface area contributed by atoms with E-state index in [0.29, 0.717) is 0 Å². The van der Waals surface area contributed by atoms with Crippen LogP contribution in [0.4, 0.5) is 0 Å². The number of halogens is 1. The van der Waals surface area contributed by atoms with Gasteiger partial charge in [0.05, 0.1) is 0 Å². The minimum atomic E-state index is -0.936. The molecule has 2 nitrogen and oxygen atoms in total. The van der Waals surface area contributed by atoms with Gasteiger partial charge in [-0.3, -0.25) is 0 Å². The van der Waals surface area contributed by atoms with Crippen molar-refractivity contribution in [1.82, 2.24) is 0 Å². The Kier molecular flexibility index (Phi) is 22.6. The number of allylic oxidation sites excluding steroid dienone is 11. The summed E-state index contributed by atoms with van der Waals surface area (Å²) in [4.78, 5) is 10.2. The van der Waals surface area contributed by atoms with Gasteiger partial charge in [0.15, 0.2) is 0 Å². The van der Waals surface area contributed by atoms with Gasteiger partial charge in [-0.25, -0.2) is 4.79 Å². The van der Waals surface area contributed by atoms with Gasteiger partial charge >= 0.3 is 5.97 Å². The SMILES string of the molecule is CCCCCCCCCC=CC=CC=CC=CC=CC=CC(=O)O.Cl. The lowest BCUT2D eigenvalue weighted by Crippen LogP contribution is -1.84. The van der Waals surface area contributed by atoms with Gasteiger partial charge in [-0.15, -0.1) is 12.4 Å². The van der Waals surface area contributed by atoms with Gasteiger partial charge in [0.25, 0.3) is 0 Å². The van der Waals surface area contributed by atoms with Crippen molar-refractivity contribution in [1.29, 1.82) is 0 Å². The van der Waals surface area contributed by atoms with E-state index in [9.17, 15) is 4.79 Å². The second-order valence-electron chi connectivity index (χ2n) is 5.58. The van der Waals surface area contributed by atoms with E-state index in [0.717, 1.165) is 12.5 Å². The summed E-state index contributed by atoms with van der Waals surface area (Å²) in [6.07, 6.45) is 32.7. The highest BCUT2D eigenvalue weighted by molar-refractivity contribution is 5.85. The van der Waals surface area contributed by atoms with Crippen LogP contribution in [0.5, 0.6) is 0 Å². The summed E-state index contributed by atoms with van der Waals surface area (Å²) in [5.41, 5.74) is 0. The molecule has 0 rings (SSSR count). The number of hydrogen-bond donors (Lipinski definition) is 1. The van der Waals surface area contributed by atoms with Gasteiger partial charge < -0.3 is 5.11 Å². The molecule has 0 bridgehead atoms. The number of aliphatic carboxylic acids is 1. The Balaban J connectivity index is 0. The van der Waals surface area contributed by atoms with Gasteiger partial charge in [-0.1, -0.05) is 112 Å². The highest BCUT2D eigenvalue weighted by Gasteiger charge is 1.88. The molecule has 0 saturated carbocycles. The quantitative estimate of drug-likeness (QED) is 0.205. The Bertz CT molecular complexity index is 468. The summed E-state index contributed by atoms with van der Waals surface area (Å²) >= 11 is 0. The largest absolute Gasteiger partial charge is 0.478 e. The Morgan fingerprint density at radius 1 is 0.680 bits per heavy atom. The van der Waals surface area contributed by atoms with E-state index in [2.05, 4.69) is 19.1 Å². The molecule has 0 atom stereocenters. The number of carboxylic acid groups (broad SMARTS) is 1. The molecule has 3 heteroatoms. The molecule has 0 radical (unpaired) electrons. The number of rotatable bonds is 14. The number of carbonyl (C=O) groups is 1. The van der Waals surface area contributed by atoms with Crippen molar-refractivity contribution in [3.05, 3.63) is 72.9 Å². The summed E-state index contributed by atoms with van der Waals surface area (Å²) in [5.74, 6) is -0.936. The summed E-state index contributed by atoms with van der Waals surface area (Å²) in [5, 5.41) is 8.39. The van der Waals surface area contributed by atoms with Gasteiger partial charge in [0.2, 0.25) is 0 Å². The van der Waals surface area contributed by atoms with Crippen molar-refractivity contribution in [3.63, 3.8) is 0 Å². The number of carboxylic acids is 1. The first-order chi connectivity index (χ1) is 11.8. The molecule has 0 unspecified atom stereocenters. The molecule has 0 amide bonds. The standard InChI is InChI=1S/C22H32O2.ClH/c1-2-3-4-5-6-7-8-9-10-11-12-13-14-15-16-17-18-19-20-21-22(23)24;/h10-21H,2-9H2,1H3,(H,23,24);1H. The van der Waals surface area contributed by atoms with E-state index < -0.39 is 5.97 Å². The minimum Gasteiger partial charge on any atom is -0.478 e. The van der Waals surface area contributed by atoms with Gasteiger partial charge in [0, 0.05) is 6.08 Å². The maximum absolute atomic E-state index is 10.2. The van der Waals surface area contributed by atoms with Crippen LogP contribution >= 0.6 is 12.4 Å². The van der Waals surface area contributed by atoms with Gasteiger partial charge in [-0.05, 0) is 12.8 Å². The first kappa shape index (κ1) is 25.4. The van der Waals surface area contributed by atoms with Crippen molar-refractivity contribution in [2.45, 2.75) is 58.3 Å². The molecule has 0 fully saturated rings. The molecule has 0 aliphatic carbocycles. The third-order valence-corrected chi connectivity index (χ3v) is 3.35. The second-order valence-corrected chi connectivity index (χ2v) is 5.58. The van der Waals surface area contributed by atoms with Crippen molar-refractivity contribution < 1.29 is 9.90 Å². The van der Waals surface area contributed by atoms with Crippen LogP contribution in [0, 0.1) is 0 Å². The summed E-state index contributed by atoms with van der Waals surface area (Å²) in [6, 6.07) is 0. The normalized spacial score (nSPS) is 12.5. The predicted octanol–water partition coefficient (Wildman–Crippen LogP) is 6.97. The number of unbranched alkanes of at least 4 members (excludes halogenated alkanes) is 7. The maximum atomic E-state index is 10.2. The van der Waals surface area contributed by atoms with Crippen LogP contribution < -0.4 is 0 Å². The Morgan fingerprint density at radius 3 is 1.64 bits per heavy atom. The minimum absolute atomic E-state index is 0. The molecule has 0 saturated heterocycles. The fourth-order valence-electron chi connectivity index (χ4n) is 2.05. The lowest BCUT2D eigenvalue weighted by molar-refractivity contribution is -0.131. The van der Waals surface area contributed by atoms with Gasteiger partial charge in [0.1, 0.15) is 0 Å². The summed E-state index contributed by atoms with van der Waals surface area (Å²) < 4.78 is 0. The Labute approximate surface area is 159 Å². The Morgan fingerprint density at radius 2 is 1.12 bits per heavy atom. The zero-order valence-corrected chi connectivity index (χ0v) is 16.2. The van der Waals surface area contributed by atoms with Crippen LogP contribution in [0.2, 0.25) is 0 Å². The molecule has 0 spiro atoms. The van der Waals surface area contributed by atoms with Crippen molar-refractivity contribution in [2.75, 3.05) is 0 Å². The molecule has 0 aromatic heterocycles. The topological polar surface area (TPSA) is 37.3 Å². The van der Waals surface area contributed by atoms with E-state index in [1.807, 2.05) is 36.5 Å². The molecule has 0 heterocycles. The predicted molar refractivity (Wildman–Crippen MR) is 112 cm³/mol. The van der Waals surface area contributed by atoms with E-state index in [1.54, 1.807) is 12.2 Å². The fraction of sp³-hybridized carbons (Fsp3) is 0.409. The highest BCUT2D eigenvalue weighted by Crippen LogP contribution is 2.08. The van der Waals surface area contributed by atoms with Crippen LogP contribution in [0.15, 0.2) is 72.9 Å². The van der Waals surface area contributed by atoms with Crippen LogP contribution in [0.25, 0.3) is 0 Å². The highest BCUT2D eigenvalue weighted by atomic mass is 35.5. The maximum Gasteiger partial charge on any atom is 0.328 e. The van der Waals surface area contributed by atoms with E-state index in [-0.39, 0.29) is 12.4 Å². The van der Waals surface area contributed by atoms with Crippen LogP contribution in [0.3, 0.4) is 0 Å². The summed E-state index contributed by atoms with van der Waals surface area (Å²) in [6.45, 7) is 2.25. The van der Waals surface area contributed by atoms with Crippen molar-refractivity contribution in [2.24, 2.45) is 0 Å². The molecule has 0 aromatic rings. The third kappa shape index (κ3) is 24.6. The Hall–Kier alpha value is -1.80. The third-order valence-electron chi connectivity index (χ3n) is 3.35. The monoisotopic (exact) mass is 364 g/mol. The zero-order chi connectivity index (χ0) is 17.7. The fourth-order valence-corrected chi connectivity index (χ4v) is 2.05.